The average Bonchev–Trinajstić information content (AvgIpc) is 2.81. The van der Waals surface area contributed by atoms with E-state index in [0.29, 0.717) is 27.0 Å². The lowest BCUT2D eigenvalue weighted by atomic mass is 9.90. The molecular formula is C25H18ClN3O2S. The van der Waals surface area contributed by atoms with Gasteiger partial charge < -0.3 is 4.98 Å². The summed E-state index contributed by atoms with van der Waals surface area (Å²) in [6, 6.07) is 22.5. The topological polar surface area (TPSA) is 86.6 Å². The predicted octanol–water partition coefficient (Wildman–Crippen LogP) is 5.52. The average molecular weight is 460 g/mol. The van der Waals surface area contributed by atoms with Gasteiger partial charge in [-0.15, -0.1) is 0 Å². The lowest BCUT2D eigenvalue weighted by Crippen LogP contribution is -2.19. The van der Waals surface area contributed by atoms with Crippen LogP contribution in [0.2, 0.25) is 5.02 Å². The van der Waals surface area contributed by atoms with E-state index in [0.717, 1.165) is 28.1 Å². The number of H-pyrrole nitrogens is 1. The molecule has 158 valence electrons. The second kappa shape index (κ2) is 9.39. The van der Waals surface area contributed by atoms with Crippen LogP contribution in [0.4, 0.5) is 0 Å². The second-order valence-electron chi connectivity index (χ2n) is 7.23. The van der Waals surface area contributed by atoms with Gasteiger partial charge in [-0.25, -0.2) is 4.98 Å². The van der Waals surface area contributed by atoms with Crippen LogP contribution < -0.4 is 5.56 Å². The maximum Gasteiger partial charge on any atom is 0.254 e. The maximum atomic E-state index is 12.6. The lowest BCUT2D eigenvalue weighted by Gasteiger charge is -2.15. The van der Waals surface area contributed by atoms with Crippen molar-refractivity contribution < 1.29 is 4.79 Å². The Balaban J connectivity index is 1.67. The standard InChI is InChI=1S/C25H18ClN3O2S/c1-15-23(21(13-27)20-8-4-6-16-5-2-3-7-19(16)20)28-25(29-24(15)31)32-14-22(30)17-9-11-18(26)12-10-17/h2-12,21H,14H2,1H3,(H,28,29,31). The number of nitrogens with one attached hydrogen (secondary N) is 1. The molecule has 0 bridgehead atoms. The summed E-state index contributed by atoms with van der Waals surface area (Å²) in [5, 5.41) is 12.8. The van der Waals surface area contributed by atoms with Gasteiger partial charge in [0.2, 0.25) is 0 Å². The number of ketones is 1. The molecule has 32 heavy (non-hydrogen) atoms. The minimum atomic E-state index is -0.713. The molecule has 0 radical (unpaired) electrons. The van der Waals surface area contributed by atoms with E-state index in [1.54, 1.807) is 31.2 Å². The van der Waals surface area contributed by atoms with Crippen LogP contribution in [0.25, 0.3) is 10.8 Å². The highest BCUT2D eigenvalue weighted by atomic mass is 35.5. The Morgan fingerprint density at radius 1 is 1.12 bits per heavy atom. The normalized spacial score (nSPS) is 11.8. The first-order valence-electron chi connectivity index (χ1n) is 9.87. The number of carbonyl (C=O) groups is 1. The number of aromatic amines is 1. The molecule has 0 aliphatic rings. The van der Waals surface area contributed by atoms with Crippen molar-refractivity contribution in [3.05, 3.63) is 104 Å². The number of carbonyl (C=O) groups excluding carboxylic acids is 1. The van der Waals surface area contributed by atoms with Crippen molar-refractivity contribution in [3.63, 3.8) is 0 Å². The SMILES string of the molecule is Cc1c(C(C#N)c2cccc3ccccc23)nc(SCC(=O)c2ccc(Cl)cc2)[nH]c1=O. The van der Waals surface area contributed by atoms with Crippen LogP contribution in [-0.4, -0.2) is 21.5 Å². The zero-order chi connectivity index (χ0) is 22.7. The zero-order valence-corrected chi connectivity index (χ0v) is 18.7. The number of Topliss-reactive ketones (excluding diaryl/α,β-unsaturated/α-hetero) is 1. The molecule has 1 N–H and O–H groups in total. The van der Waals surface area contributed by atoms with Crippen molar-refractivity contribution in [1.29, 1.82) is 5.26 Å². The van der Waals surface area contributed by atoms with Gasteiger partial charge in [0.25, 0.3) is 5.56 Å². The number of rotatable bonds is 6. The number of nitrogens with zero attached hydrogens (tertiary/aromatic N) is 2. The summed E-state index contributed by atoms with van der Waals surface area (Å²) in [6.07, 6.45) is 0. The van der Waals surface area contributed by atoms with Crippen molar-refractivity contribution in [2.24, 2.45) is 0 Å². The van der Waals surface area contributed by atoms with Crippen molar-refractivity contribution in [3.8, 4) is 6.07 Å². The van der Waals surface area contributed by atoms with Crippen molar-refractivity contribution in [2.45, 2.75) is 18.0 Å². The fourth-order valence-corrected chi connectivity index (χ4v) is 4.40. The Morgan fingerprint density at radius 2 is 1.84 bits per heavy atom. The Morgan fingerprint density at radius 3 is 2.59 bits per heavy atom. The van der Waals surface area contributed by atoms with Crippen molar-refractivity contribution in [1.82, 2.24) is 9.97 Å². The molecule has 7 heteroatoms. The smallest absolute Gasteiger partial charge is 0.254 e. The van der Waals surface area contributed by atoms with E-state index in [1.807, 2.05) is 42.5 Å². The maximum absolute atomic E-state index is 12.6. The van der Waals surface area contributed by atoms with E-state index in [4.69, 9.17) is 11.6 Å². The van der Waals surface area contributed by atoms with Crippen LogP contribution in [0.5, 0.6) is 0 Å². The highest BCUT2D eigenvalue weighted by Crippen LogP contribution is 2.31. The molecule has 0 saturated heterocycles. The van der Waals surface area contributed by atoms with Crippen LogP contribution in [0.15, 0.2) is 76.7 Å². The van der Waals surface area contributed by atoms with E-state index in [1.165, 1.54) is 0 Å². The molecular weight excluding hydrogens is 442 g/mol. The Bertz CT molecular complexity index is 1400. The number of hydrogen-bond acceptors (Lipinski definition) is 5. The summed E-state index contributed by atoms with van der Waals surface area (Å²) in [5.74, 6) is -0.726. The van der Waals surface area contributed by atoms with E-state index >= 15 is 0 Å². The summed E-state index contributed by atoms with van der Waals surface area (Å²) in [7, 11) is 0. The Hall–Kier alpha value is -3.40. The second-order valence-corrected chi connectivity index (χ2v) is 8.63. The van der Waals surface area contributed by atoms with E-state index < -0.39 is 5.92 Å². The summed E-state index contributed by atoms with van der Waals surface area (Å²) < 4.78 is 0. The van der Waals surface area contributed by atoms with E-state index in [-0.39, 0.29) is 17.1 Å². The van der Waals surface area contributed by atoms with E-state index in [9.17, 15) is 14.9 Å². The lowest BCUT2D eigenvalue weighted by molar-refractivity contribution is 0.102. The molecule has 0 amide bonds. The number of nitriles is 1. The number of hydrogen-bond donors (Lipinski definition) is 1. The summed E-state index contributed by atoms with van der Waals surface area (Å²) >= 11 is 7.01. The highest BCUT2D eigenvalue weighted by molar-refractivity contribution is 7.99. The third-order valence-corrected chi connectivity index (χ3v) is 6.34. The number of aromatic nitrogens is 2. The van der Waals surface area contributed by atoms with Gasteiger partial charge >= 0.3 is 0 Å². The number of fused-ring (bicyclic) bond motifs is 1. The van der Waals surface area contributed by atoms with E-state index in [2.05, 4.69) is 16.0 Å². The molecule has 0 spiro atoms. The van der Waals surface area contributed by atoms with Gasteiger partial charge in [-0.1, -0.05) is 65.8 Å². The fourth-order valence-electron chi connectivity index (χ4n) is 3.51. The van der Waals surface area contributed by atoms with Crippen LogP contribution in [0, 0.1) is 18.3 Å². The molecule has 1 heterocycles. The zero-order valence-electron chi connectivity index (χ0n) is 17.1. The molecule has 1 aromatic heterocycles. The van der Waals surface area contributed by atoms with Gasteiger partial charge in [-0.05, 0) is 47.5 Å². The third-order valence-electron chi connectivity index (χ3n) is 5.21. The van der Waals surface area contributed by atoms with Gasteiger partial charge in [-0.2, -0.15) is 5.26 Å². The molecule has 4 aromatic rings. The quantitative estimate of drug-likeness (QED) is 0.233. The van der Waals surface area contributed by atoms with Gasteiger partial charge in [0.05, 0.1) is 17.5 Å². The van der Waals surface area contributed by atoms with Gasteiger partial charge in [-0.3, -0.25) is 9.59 Å². The molecule has 3 aromatic carbocycles. The minimum Gasteiger partial charge on any atom is -0.301 e. The first kappa shape index (κ1) is 21.8. The number of thioether (sulfide) groups is 1. The number of benzene rings is 3. The molecule has 1 atom stereocenters. The van der Waals surface area contributed by atoms with Crippen molar-refractivity contribution >= 4 is 39.9 Å². The van der Waals surface area contributed by atoms with Gasteiger partial charge in [0.1, 0.15) is 5.92 Å². The number of halogens is 1. The fraction of sp³-hybridized carbons (Fsp3) is 0.120. The van der Waals surface area contributed by atoms with Gasteiger partial charge in [0, 0.05) is 16.1 Å². The summed E-state index contributed by atoms with van der Waals surface area (Å²) in [6.45, 7) is 1.66. The predicted molar refractivity (Wildman–Crippen MR) is 128 cm³/mol. The molecule has 0 saturated carbocycles. The molecule has 5 nitrogen and oxygen atoms in total. The Labute approximate surface area is 194 Å². The molecule has 0 aliphatic heterocycles. The first-order chi connectivity index (χ1) is 15.5. The summed E-state index contributed by atoms with van der Waals surface area (Å²) in [5.41, 5.74) is 1.78. The van der Waals surface area contributed by atoms with Crippen molar-refractivity contribution in [2.75, 3.05) is 5.75 Å². The first-order valence-corrected chi connectivity index (χ1v) is 11.2. The van der Waals surface area contributed by atoms with Crippen LogP contribution in [0.1, 0.15) is 33.1 Å². The summed E-state index contributed by atoms with van der Waals surface area (Å²) in [4.78, 5) is 32.4. The largest absolute Gasteiger partial charge is 0.301 e. The minimum absolute atomic E-state index is 0.0958. The van der Waals surface area contributed by atoms with Crippen LogP contribution in [-0.2, 0) is 0 Å². The van der Waals surface area contributed by atoms with Crippen LogP contribution >= 0.6 is 23.4 Å². The Kier molecular flexibility index (Phi) is 6.40. The van der Waals surface area contributed by atoms with Gasteiger partial charge in [0.15, 0.2) is 10.9 Å². The molecule has 1 unspecified atom stereocenters. The van der Waals surface area contributed by atoms with Crippen LogP contribution in [0.3, 0.4) is 0 Å². The molecule has 0 fully saturated rings. The molecule has 4 rings (SSSR count). The monoisotopic (exact) mass is 459 g/mol. The third kappa shape index (κ3) is 4.45. The molecule has 0 aliphatic carbocycles. The highest BCUT2D eigenvalue weighted by Gasteiger charge is 2.22.